The summed E-state index contributed by atoms with van der Waals surface area (Å²) in [6.07, 6.45) is 0. The first-order valence-corrected chi connectivity index (χ1v) is 11.4. The van der Waals surface area contributed by atoms with Gasteiger partial charge in [-0.25, -0.2) is 0 Å². The number of imide groups is 1. The lowest BCUT2D eigenvalue weighted by molar-refractivity contribution is -0.126. The van der Waals surface area contributed by atoms with E-state index in [0.717, 1.165) is 21.6 Å². The van der Waals surface area contributed by atoms with Crippen molar-refractivity contribution >= 4 is 17.7 Å². The van der Waals surface area contributed by atoms with Crippen LogP contribution < -0.4 is 5.32 Å². The minimum atomic E-state index is -0.884. The van der Waals surface area contributed by atoms with Crippen LogP contribution in [0.3, 0.4) is 0 Å². The Morgan fingerprint density at radius 3 is 2.00 bits per heavy atom. The summed E-state index contributed by atoms with van der Waals surface area (Å²) in [4.78, 5) is 40.0. The van der Waals surface area contributed by atoms with E-state index in [0.29, 0.717) is 24.3 Å². The van der Waals surface area contributed by atoms with E-state index in [4.69, 9.17) is 4.74 Å². The van der Waals surface area contributed by atoms with Gasteiger partial charge in [-0.05, 0) is 34.7 Å². The number of rotatable bonds is 9. The van der Waals surface area contributed by atoms with Crippen molar-refractivity contribution in [1.29, 1.82) is 0 Å². The molecule has 6 heteroatoms. The van der Waals surface area contributed by atoms with Crippen LogP contribution in [0.5, 0.6) is 0 Å². The normalized spacial score (nSPS) is 13.8. The minimum absolute atomic E-state index is 0.236. The average molecular weight is 457 g/mol. The van der Waals surface area contributed by atoms with E-state index in [-0.39, 0.29) is 18.4 Å². The summed E-state index contributed by atoms with van der Waals surface area (Å²) in [5, 5.41) is 2.91. The number of benzene rings is 3. The van der Waals surface area contributed by atoms with Crippen LogP contribution in [-0.2, 0) is 29.3 Å². The highest BCUT2D eigenvalue weighted by molar-refractivity contribution is 6.22. The fourth-order valence-corrected chi connectivity index (χ4v) is 4.16. The number of fused-ring (bicyclic) bond motifs is 1. The van der Waals surface area contributed by atoms with Crippen LogP contribution in [0.4, 0.5) is 0 Å². The molecule has 34 heavy (non-hydrogen) atoms. The molecule has 0 saturated carbocycles. The third-order valence-electron chi connectivity index (χ3n) is 5.84. The second-order valence-corrected chi connectivity index (χ2v) is 8.73. The second-order valence-electron chi connectivity index (χ2n) is 8.73. The first-order valence-electron chi connectivity index (χ1n) is 11.4. The Bertz CT molecular complexity index is 1150. The van der Waals surface area contributed by atoms with Crippen LogP contribution in [0.1, 0.15) is 51.3 Å². The van der Waals surface area contributed by atoms with Crippen molar-refractivity contribution < 1.29 is 19.1 Å². The molecule has 3 amide bonds. The first-order chi connectivity index (χ1) is 16.5. The summed E-state index contributed by atoms with van der Waals surface area (Å²) in [5.74, 6) is -1.44. The second kappa shape index (κ2) is 10.4. The fraction of sp³-hybridized carbons (Fsp3) is 0.250. The van der Waals surface area contributed by atoms with Crippen molar-refractivity contribution in [3.05, 3.63) is 107 Å². The van der Waals surface area contributed by atoms with Gasteiger partial charge in [-0.1, -0.05) is 80.6 Å². The lowest BCUT2D eigenvalue weighted by atomic mass is 10.0. The Kier molecular flexibility index (Phi) is 7.18. The quantitative estimate of drug-likeness (QED) is 0.486. The van der Waals surface area contributed by atoms with Crippen molar-refractivity contribution in [2.24, 2.45) is 5.92 Å². The van der Waals surface area contributed by atoms with E-state index in [9.17, 15) is 14.4 Å². The van der Waals surface area contributed by atoms with Gasteiger partial charge in [0.05, 0.1) is 24.3 Å². The number of hydrogen-bond acceptors (Lipinski definition) is 4. The molecule has 4 rings (SSSR count). The van der Waals surface area contributed by atoms with Crippen LogP contribution in [0.15, 0.2) is 78.9 Å². The van der Waals surface area contributed by atoms with Gasteiger partial charge < -0.3 is 10.1 Å². The average Bonchev–Trinajstić information content (AvgIpc) is 3.09. The molecule has 1 atom stereocenters. The predicted octanol–water partition coefficient (Wildman–Crippen LogP) is 4.34. The molecule has 0 fully saturated rings. The van der Waals surface area contributed by atoms with E-state index in [1.54, 1.807) is 24.3 Å². The zero-order chi connectivity index (χ0) is 24.1. The summed E-state index contributed by atoms with van der Waals surface area (Å²) < 4.78 is 5.81. The monoisotopic (exact) mass is 456 g/mol. The SMILES string of the molecule is CC(C)C(C(=O)NCc1cccc(COCc2ccccc2)c1)N1C(=O)c2ccccc2C1=O. The van der Waals surface area contributed by atoms with Crippen molar-refractivity contribution in [2.75, 3.05) is 0 Å². The molecule has 3 aromatic carbocycles. The van der Waals surface area contributed by atoms with Crippen LogP contribution in [-0.4, -0.2) is 28.7 Å². The number of carbonyl (C=O) groups excluding carboxylic acids is 3. The highest BCUT2D eigenvalue weighted by Gasteiger charge is 2.43. The van der Waals surface area contributed by atoms with E-state index >= 15 is 0 Å². The van der Waals surface area contributed by atoms with E-state index in [1.807, 2.05) is 68.4 Å². The Balaban J connectivity index is 1.38. The molecule has 3 aromatic rings. The molecule has 0 aromatic heterocycles. The standard InChI is InChI=1S/C28H28N2O4/c1-19(2)25(30-27(32)23-13-6-7-14-24(23)28(30)33)26(31)29-16-21-11-8-12-22(15-21)18-34-17-20-9-4-3-5-10-20/h3-15,19,25H,16-18H2,1-2H3,(H,29,31). The number of ether oxygens (including phenoxy) is 1. The van der Waals surface area contributed by atoms with E-state index < -0.39 is 17.9 Å². The third kappa shape index (κ3) is 5.07. The summed E-state index contributed by atoms with van der Waals surface area (Å²) in [6, 6.07) is 23.6. The largest absolute Gasteiger partial charge is 0.372 e. The van der Waals surface area contributed by atoms with Gasteiger partial charge in [-0.3, -0.25) is 19.3 Å². The summed E-state index contributed by atoms with van der Waals surface area (Å²) in [5.41, 5.74) is 3.71. The molecule has 0 aliphatic carbocycles. The van der Waals surface area contributed by atoms with Gasteiger partial charge >= 0.3 is 0 Å². The smallest absolute Gasteiger partial charge is 0.262 e. The van der Waals surface area contributed by atoms with E-state index in [1.165, 1.54) is 0 Å². The zero-order valence-corrected chi connectivity index (χ0v) is 19.4. The molecule has 1 N–H and O–H groups in total. The lowest BCUT2D eigenvalue weighted by Gasteiger charge is -2.28. The third-order valence-corrected chi connectivity index (χ3v) is 5.84. The molecule has 1 heterocycles. The maximum Gasteiger partial charge on any atom is 0.262 e. The minimum Gasteiger partial charge on any atom is -0.372 e. The van der Waals surface area contributed by atoms with Crippen molar-refractivity contribution in [1.82, 2.24) is 10.2 Å². The molecule has 0 radical (unpaired) electrons. The Labute approximate surface area is 199 Å². The summed E-state index contributed by atoms with van der Waals surface area (Å²) in [6.45, 7) is 4.94. The number of hydrogen-bond donors (Lipinski definition) is 1. The number of nitrogens with one attached hydrogen (secondary N) is 1. The first kappa shape index (κ1) is 23.4. The molecule has 1 aliphatic heterocycles. The van der Waals surface area contributed by atoms with E-state index in [2.05, 4.69) is 5.32 Å². The molecule has 1 aliphatic rings. The van der Waals surface area contributed by atoms with Crippen molar-refractivity contribution in [3.63, 3.8) is 0 Å². The van der Waals surface area contributed by atoms with Gasteiger partial charge in [0.25, 0.3) is 11.8 Å². The van der Waals surface area contributed by atoms with Crippen molar-refractivity contribution in [2.45, 2.75) is 39.6 Å². The lowest BCUT2D eigenvalue weighted by Crippen LogP contribution is -2.52. The van der Waals surface area contributed by atoms with Crippen LogP contribution in [0, 0.1) is 5.92 Å². The summed E-state index contributed by atoms with van der Waals surface area (Å²) >= 11 is 0. The number of amides is 3. The van der Waals surface area contributed by atoms with Gasteiger partial charge in [0.1, 0.15) is 6.04 Å². The van der Waals surface area contributed by atoms with Gasteiger partial charge in [-0.2, -0.15) is 0 Å². The predicted molar refractivity (Wildman–Crippen MR) is 129 cm³/mol. The Hall–Kier alpha value is -3.77. The zero-order valence-electron chi connectivity index (χ0n) is 19.4. The Morgan fingerprint density at radius 2 is 1.35 bits per heavy atom. The fourth-order valence-electron chi connectivity index (χ4n) is 4.16. The molecular formula is C28H28N2O4. The molecule has 1 unspecified atom stereocenters. The summed E-state index contributed by atoms with van der Waals surface area (Å²) in [7, 11) is 0. The molecule has 6 nitrogen and oxygen atoms in total. The topological polar surface area (TPSA) is 75.7 Å². The van der Waals surface area contributed by atoms with Crippen LogP contribution in [0.2, 0.25) is 0 Å². The van der Waals surface area contributed by atoms with Gasteiger partial charge in [0.2, 0.25) is 5.91 Å². The van der Waals surface area contributed by atoms with Gasteiger partial charge in [0, 0.05) is 6.54 Å². The van der Waals surface area contributed by atoms with Gasteiger partial charge in [-0.15, -0.1) is 0 Å². The maximum atomic E-state index is 13.1. The maximum absolute atomic E-state index is 13.1. The number of carbonyl (C=O) groups is 3. The molecular weight excluding hydrogens is 428 g/mol. The molecule has 174 valence electrons. The molecule has 0 saturated heterocycles. The molecule has 0 spiro atoms. The Morgan fingerprint density at radius 1 is 0.794 bits per heavy atom. The van der Waals surface area contributed by atoms with Gasteiger partial charge in [0.15, 0.2) is 0 Å². The highest BCUT2D eigenvalue weighted by atomic mass is 16.5. The van der Waals surface area contributed by atoms with Crippen LogP contribution >= 0.6 is 0 Å². The van der Waals surface area contributed by atoms with Crippen molar-refractivity contribution in [3.8, 4) is 0 Å². The highest BCUT2D eigenvalue weighted by Crippen LogP contribution is 2.27. The number of nitrogens with zero attached hydrogens (tertiary/aromatic N) is 1. The van der Waals surface area contributed by atoms with Crippen LogP contribution in [0.25, 0.3) is 0 Å². The molecule has 0 bridgehead atoms.